The molecule has 0 spiro atoms. The maximum absolute atomic E-state index is 12.1. The highest BCUT2D eigenvalue weighted by molar-refractivity contribution is 6.02. The second-order valence-corrected chi connectivity index (χ2v) is 3.98. The summed E-state index contributed by atoms with van der Waals surface area (Å²) in [7, 11) is 1.56. The van der Waals surface area contributed by atoms with Crippen molar-refractivity contribution >= 4 is 5.78 Å². The molecule has 2 N–H and O–H groups in total. The second-order valence-electron chi connectivity index (χ2n) is 3.98. The molecule has 0 bridgehead atoms. The van der Waals surface area contributed by atoms with Crippen LogP contribution in [0.2, 0.25) is 0 Å². The highest BCUT2D eigenvalue weighted by Gasteiger charge is 2.23. The Labute approximate surface area is 96.6 Å². The molecule has 1 aromatic rings. The van der Waals surface area contributed by atoms with Crippen LogP contribution in [0.1, 0.15) is 30.6 Å². The summed E-state index contributed by atoms with van der Waals surface area (Å²) >= 11 is 0. The van der Waals surface area contributed by atoms with Gasteiger partial charge >= 0.3 is 0 Å². The molecule has 0 amide bonds. The third kappa shape index (κ3) is 2.61. The molecular weight excluding hydrogens is 202 g/mol. The Morgan fingerprint density at radius 2 is 2.06 bits per heavy atom. The first-order chi connectivity index (χ1) is 7.61. The largest absolute Gasteiger partial charge is 0.496 e. The van der Waals surface area contributed by atoms with Crippen LogP contribution in [0.25, 0.3) is 0 Å². The van der Waals surface area contributed by atoms with E-state index < -0.39 is 6.04 Å². The van der Waals surface area contributed by atoms with E-state index in [9.17, 15) is 4.79 Å². The summed E-state index contributed by atoms with van der Waals surface area (Å²) in [5, 5.41) is 0. The third-order valence-corrected chi connectivity index (χ3v) is 2.93. The molecule has 0 aliphatic rings. The average molecular weight is 221 g/mol. The molecule has 2 unspecified atom stereocenters. The molecule has 0 aliphatic carbocycles. The molecular formula is C13H19NO2. The van der Waals surface area contributed by atoms with Gasteiger partial charge in [0, 0.05) is 0 Å². The highest BCUT2D eigenvalue weighted by atomic mass is 16.5. The van der Waals surface area contributed by atoms with Crippen LogP contribution in [0.5, 0.6) is 5.75 Å². The first kappa shape index (κ1) is 12.7. The summed E-state index contributed by atoms with van der Waals surface area (Å²) < 4.78 is 5.15. The molecule has 0 fully saturated rings. The molecule has 0 aliphatic heterocycles. The number of rotatable bonds is 5. The first-order valence-electron chi connectivity index (χ1n) is 5.54. The van der Waals surface area contributed by atoms with Gasteiger partial charge < -0.3 is 10.5 Å². The van der Waals surface area contributed by atoms with Crippen LogP contribution in [0.4, 0.5) is 0 Å². The predicted molar refractivity (Wildman–Crippen MR) is 64.8 cm³/mol. The Bertz CT molecular complexity index is 363. The number of methoxy groups -OCH3 is 1. The number of para-hydroxylation sites is 1. The van der Waals surface area contributed by atoms with Crippen LogP contribution >= 0.6 is 0 Å². The van der Waals surface area contributed by atoms with Crippen LogP contribution in [0.3, 0.4) is 0 Å². The lowest BCUT2D eigenvalue weighted by Crippen LogP contribution is -2.36. The number of Topliss-reactive ketones (excluding diaryl/α,β-unsaturated/α-hetero) is 1. The molecule has 16 heavy (non-hydrogen) atoms. The smallest absolute Gasteiger partial charge is 0.183 e. The van der Waals surface area contributed by atoms with Crippen LogP contribution < -0.4 is 10.5 Å². The van der Waals surface area contributed by atoms with Gasteiger partial charge in [0.15, 0.2) is 5.78 Å². The summed E-state index contributed by atoms with van der Waals surface area (Å²) in [5.41, 5.74) is 6.49. The Kier molecular flexibility index (Phi) is 4.50. The Hall–Kier alpha value is -1.35. The average Bonchev–Trinajstić information content (AvgIpc) is 2.35. The van der Waals surface area contributed by atoms with Crippen LogP contribution in [-0.2, 0) is 0 Å². The van der Waals surface area contributed by atoms with Crippen LogP contribution in [0, 0.1) is 5.92 Å². The van der Waals surface area contributed by atoms with Crippen LogP contribution in [0.15, 0.2) is 24.3 Å². The maximum atomic E-state index is 12.1. The minimum absolute atomic E-state index is 0.0493. The van der Waals surface area contributed by atoms with E-state index in [1.165, 1.54) is 0 Å². The zero-order chi connectivity index (χ0) is 12.1. The van der Waals surface area contributed by atoms with Crippen molar-refractivity contribution in [2.45, 2.75) is 26.3 Å². The molecule has 0 aromatic heterocycles. The minimum atomic E-state index is -0.457. The monoisotopic (exact) mass is 221 g/mol. The van der Waals surface area contributed by atoms with E-state index in [1.54, 1.807) is 19.2 Å². The van der Waals surface area contributed by atoms with E-state index >= 15 is 0 Å². The fourth-order valence-electron chi connectivity index (χ4n) is 1.54. The molecule has 0 saturated heterocycles. The predicted octanol–water partition coefficient (Wildman–Crippen LogP) is 2.25. The summed E-state index contributed by atoms with van der Waals surface area (Å²) in [6, 6.07) is 6.73. The Morgan fingerprint density at radius 1 is 1.44 bits per heavy atom. The zero-order valence-corrected chi connectivity index (χ0v) is 10.1. The van der Waals surface area contributed by atoms with E-state index in [1.807, 2.05) is 26.0 Å². The maximum Gasteiger partial charge on any atom is 0.183 e. The number of nitrogens with two attached hydrogens (primary N) is 1. The summed E-state index contributed by atoms with van der Waals surface area (Å²) in [4.78, 5) is 12.1. The van der Waals surface area contributed by atoms with E-state index in [0.717, 1.165) is 6.42 Å². The molecule has 0 radical (unpaired) electrons. The second kappa shape index (κ2) is 5.66. The molecule has 0 saturated carbocycles. The van der Waals surface area contributed by atoms with Gasteiger partial charge in [-0.2, -0.15) is 0 Å². The van der Waals surface area contributed by atoms with Crippen molar-refractivity contribution in [2.75, 3.05) is 7.11 Å². The number of hydrogen-bond donors (Lipinski definition) is 1. The van der Waals surface area contributed by atoms with Crippen molar-refractivity contribution in [1.82, 2.24) is 0 Å². The zero-order valence-electron chi connectivity index (χ0n) is 10.1. The van der Waals surface area contributed by atoms with Gasteiger partial charge in [-0.15, -0.1) is 0 Å². The number of ether oxygens (including phenoxy) is 1. The molecule has 2 atom stereocenters. The van der Waals surface area contributed by atoms with Gasteiger partial charge in [-0.1, -0.05) is 32.4 Å². The number of carbonyl (C=O) groups excluding carboxylic acids is 1. The van der Waals surface area contributed by atoms with E-state index in [2.05, 4.69) is 0 Å². The van der Waals surface area contributed by atoms with Gasteiger partial charge in [0.05, 0.1) is 18.7 Å². The number of benzene rings is 1. The fraction of sp³-hybridized carbons (Fsp3) is 0.462. The van der Waals surface area contributed by atoms with Gasteiger partial charge in [-0.25, -0.2) is 0 Å². The quantitative estimate of drug-likeness (QED) is 0.776. The van der Waals surface area contributed by atoms with Crippen molar-refractivity contribution in [3.8, 4) is 5.75 Å². The lowest BCUT2D eigenvalue weighted by Gasteiger charge is -2.18. The minimum Gasteiger partial charge on any atom is -0.496 e. The fourth-order valence-corrected chi connectivity index (χ4v) is 1.54. The molecule has 3 heteroatoms. The standard InChI is InChI=1S/C13H19NO2/c1-4-9(2)12(14)13(15)10-7-5-6-8-11(10)16-3/h5-9,12H,4,14H2,1-3H3. The van der Waals surface area contributed by atoms with Crippen molar-refractivity contribution in [2.24, 2.45) is 11.7 Å². The number of hydrogen-bond acceptors (Lipinski definition) is 3. The SMILES string of the molecule is CCC(C)C(N)C(=O)c1ccccc1OC. The van der Waals surface area contributed by atoms with Crippen LogP contribution in [-0.4, -0.2) is 18.9 Å². The van der Waals surface area contributed by atoms with Crippen molar-refractivity contribution in [3.05, 3.63) is 29.8 Å². The highest BCUT2D eigenvalue weighted by Crippen LogP contribution is 2.21. The summed E-state index contributed by atoms with van der Waals surface area (Å²) in [6.07, 6.45) is 0.891. The van der Waals surface area contributed by atoms with Gasteiger partial charge in [0.25, 0.3) is 0 Å². The topological polar surface area (TPSA) is 52.3 Å². The number of ketones is 1. The molecule has 0 heterocycles. The van der Waals surface area contributed by atoms with E-state index in [0.29, 0.717) is 11.3 Å². The molecule has 3 nitrogen and oxygen atoms in total. The summed E-state index contributed by atoms with van der Waals surface area (Å²) in [5.74, 6) is 0.718. The van der Waals surface area contributed by atoms with Gasteiger partial charge in [-0.05, 0) is 18.1 Å². The number of carbonyl (C=O) groups is 1. The van der Waals surface area contributed by atoms with Gasteiger partial charge in [-0.3, -0.25) is 4.79 Å². The van der Waals surface area contributed by atoms with E-state index in [-0.39, 0.29) is 11.7 Å². The lowest BCUT2D eigenvalue weighted by atomic mass is 9.92. The normalized spacial score (nSPS) is 14.2. The van der Waals surface area contributed by atoms with Gasteiger partial charge in [0.2, 0.25) is 0 Å². The van der Waals surface area contributed by atoms with E-state index in [4.69, 9.17) is 10.5 Å². The Morgan fingerprint density at radius 3 is 2.62 bits per heavy atom. The molecule has 88 valence electrons. The Balaban J connectivity index is 2.95. The third-order valence-electron chi connectivity index (χ3n) is 2.93. The molecule has 1 aromatic carbocycles. The van der Waals surface area contributed by atoms with Gasteiger partial charge in [0.1, 0.15) is 5.75 Å². The van der Waals surface area contributed by atoms with Crippen molar-refractivity contribution in [3.63, 3.8) is 0 Å². The van der Waals surface area contributed by atoms with Crippen molar-refractivity contribution < 1.29 is 9.53 Å². The van der Waals surface area contributed by atoms with Crippen molar-refractivity contribution in [1.29, 1.82) is 0 Å². The lowest BCUT2D eigenvalue weighted by molar-refractivity contribution is 0.0932. The first-order valence-corrected chi connectivity index (χ1v) is 5.54. The summed E-state index contributed by atoms with van der Waals surface area (Å²) in [6.45, 7) is 4.01. The molecule has 1 rings (SSSR count).